The highest BCUT2D eigenvalue weighted by Gasteiger charge is 2.19. The van der Waals surface area contributed by atoms with Crippen LogP contribution in [-0.2, 0) is 6.54 Å². The van der Waals surface area contributed by atoms with Gasteiger partial charge in [-0.1, -0.05) is 19.1 Å². The van der Waals surface area contributed by atoms with Crippen LogP contribution in [-0.4, -0.2) is 55.0 Å². The van der Waals surface area contributed by atoms with Crippen molar-refractivity contribution in [2.24, 2.45) is 10.9 Å². The summed E-state index contributed by atoms with van der Waals surface area (Å²) in [5.74, 6) is 1.68. The van der Waals surface area contributed by atoms with Gasteiger partial charge in [-0.05, 0) is 49.3 Å². The minimum absolute atomic E-state index is 0. The van der Waals surface area contributed by atoms with E-state index in [9.17, 15) is 4.79 Å². The van der Waals surface area contributed by atoms with E-state index in [1.807, 2.05) is 30.1 Å². The number of halogens is 1. The van der Waals surface area contributed by atoms with Crippen LogP contribution >= 0.6 is 24.0 Å². The van der Waals surface area contributed by atoms with Crippen LogP contribution in [0.1, 0.15) is 38.2 Å². The van der Waals surface area contributed by atoms with Gasteiger partial charge in [0.15, 0.2) is 5.96 Å². The topological polar surface area (TPSA) is 60.0 Å². The molecule has 2 heterocycles. The van der Waals surface area contributed by atoms with E-state index in [-0.39, 0.29) is 30.0 Å². The molecular weight excluding hydrogens is 453 g/mol. The van der Waals surface area contributed by atoms with Gasteiger partial charge in [0.1, 0.15) is 0 Å². The summed E-state index contributed by atoms with van der Waals surface area (Å²) >= 11 is 0. The molecule has 2 N–H and O–H groups in total. The Labute approximate surface area is 179 Å². The fourth-order valence-electron chi connectivity index (χ4n) is 3.78. The quantitative estimate of drug-likeness (QED) is 0.390. The maximum Gasteiger partial charge on any atom is 0.321 e. The summed E-state index contributed by atoms with van der Waals surface area (Å²) < 4.78 is 0. The number of carbonyl (C=O) groups is 1. The number of guanidine groups is 1. The molecule has 2 aliphatic rings. The molecule has 2 saturated heterocycles. The molecular formula is C20H32IN5O. The lowest BCUT2D eigenvalue weighted by atomic mass is 10.0. The number of hydrogen-bond acceptors (Lipinski definition) is 2. The van der Waals surface area contributed by atoms with Crippen molar-refractivity contribution in [3.8, 4) is 0 Å². The molecule has 0 spiro atoms. The number of nitrogens with zero attached hydrogens (tertiary/aromatic N) is 3. The molecule has 1 aromatic carbocycles. The molecule has 2 fully saturated rings. The molecule has 0 saturated carbocycles. The van der Waals surface area contributed by atoms with Crippen molar-refractivity contribution in [3.63, 3.8) is 0 Å². The highest BCUT2D eigenvalue weighted by atomic mass is 127. The van der Waals surface area contributed by atoms with Crippen LogP contribution in [0.2, 0.25) is 0 Å². The Morgan fingerprint density at radius 3 is 2.63 bits per heavy atom. The minimum atomic E-state index is 0. The van der Waals surface area contributed by atoms with E-state index >= 15 is 0 Å². The van der Waals surface area contributed by atoms with Gasteiger partial charge < -0.3 is 20.4 Å². The van der Waals surface area contributed by atoms with Gasteiger partial charge in [-0.25, -0.2) is 4.79 Å². The van der Waals surface area contributed by atoms with E-state index < -0.39 is 0 Å². The second-order valence-electron chi connectivity index (χ2n) is 7.42. The van der Waals surface area contributed by atoms with Crippen molar-refractivity contribution in [1.82, 2.24) is 15.1 Å². The first-order valence-corrected chi connectivity index (χ1v) is 9.76. The van der Waals surface area contributed by atoms with E-state index in [0.29, 0.717) is 12.5 Å². The number of amides is 2. The van der Waals surface area contributed by atoms with Gasteiger partial charge in [-0.3, -0.25) is 4.99 Å². The summed E-state index contributed by atoms with van der Waals surface area (Å²) in [6.45, 7) is 6.84. The molecule has 7 heteroatoms. The van der Waals surface area contributed by atoms with E-state index in [2.05, 4.69) is 33.5 Å². The number of rotatable bonds is 3. The van der Waals surface area contributed by atoms with Crippen LogP contribution < -0.4 is 10.6 Å². The number of anilines is 1. The van der Waals surface area contributed by atoms with E-state index in [1.165, 1.54) is 12.8 Å². The monoisotopic (exact) mass is 485 g/mol. The normalized spacial score (nSPS) is 20.2. The Morgan fingerprint density at radius 1 is 1.19 bits per heavy atom. The molecule has 2 aliphatic heterocycles. The summed E-state index contributed by atoms with van der Waals surface area (Å²) in [6.07, 6.45) is 4.73. The van der Waals surface area contributed by atoms with Gasteiger partial charge in [0, 0.05) is 45.5 Å². The zero-order valence-corrected chi connectivity index (χ0v) is 18.7. The molecule has 2 amide bonds. The fourth-order valence-corrected chi connectivity index (χ4v) is 3.78. The van der Waals surface area contributed by atoms with Gasteiger partial charge in [-0.15, -0.1) is 24.0 Å². The maximum absolute atomic E-state index is 12.2. The molecule has 0 radical (unpaired) electrons. The van der Waals surface area contributed by atoms with Gasteiger partial charge in [0.05, 0.1) is 0 Å². The van der Waals surface area contributed by atoms with Crippen LogP contribution in [0.25, 0.3) is 0 Å². The lowest BCUT2D eigenvalue weighted by Gasteiger charge is -2.33. The number of carbonyl (C=O) groups excluding carboxylic acids is 1. The molecule has 3 rings (SSSR count). The molecule has 6 nitrogen and oxygen atoms in total. The number of piperidine rings is 1. The molecule has 1 unspecified atom stereocenters. The van der Waals surface area contributed by atoms with Gasteiger partial charge in [0.2, 0.25) is 0 Å². The number of likely N-dealkylation sites (tertiary alicyclic amines) is 2. The average Bonchev–Trinajstić information content (AvgIpc) is 3.17. The van der Waals surface area contributed by atoms with Crippen molar-refractivity contribution in [3.05, 3.63) is 29.8 Å². The second-order valence-corrected chi connectivity index (χ2v) is 7.42. The van der Waals surface area contributed by atoms with E-state index in [0.717, 1.165) is 56.2 Å². The van der Waals surface area contributed by atoms with Gasteiger partial charge in [-0.2, -0.15) is 0 Å². The first-order valence-electron chi connectivity index (χ1n) is 9.76. The number of urea groups is 1. The number of aliphatic imine (C=N–C) groups is 1. The lowest BCUT2D eigenvalue weighted by molar-refractivity contribution is 0.222. The Hall–Kier alpha value is -1.51. The predicted octanol–water partition coefficient (Wildman–Crippen LogP) is 3.74. The van der Waals surface area contributed by atoms with Crippen molar-refractivity contribution in [1.29, 1.82) is 0 Å². The molecule has 1 atom stereocenters. The molecule has 150 valence electrons. The Kier molecular flexibility index (Phi) is 8.66. The fraction of sp³-hybridized carbons (Fsp3) is 0.600. The van der Waals surface area contributed by atoms with Gasteiger partial charge >= 0.3 is 6.03 Å². The van der Waals surface area contributed by atoms with Crippen molar-refractivity contribution in [2.45, 2.75) is 39.2 Å². The lowest BCUT2D eigenvalue weighted by Crippen LogP contribution is -2.45. The van der Waals surface area contributed by atoms with Crippen molar-refractivity contribution < 1.29 is 4.79 Å². The smallest absolute Gasteiger partial charge is 0.321 e. The zero-order chi connectivity index (χ0) is 18.4. The number of benzene rings is 1. The highest BCUT2D eigenvalue weighted by molar-refractivity contribution is 14.0. The summed E-state index contributed by atoms with van der Waals surface area (Å²) in [7, 11) is 1.84. The Bertz CT molecular complexity index is 645. The van der Waals surface area contributed by atoms with Crippen LogP contribution in [0.4, 0.5) is 10.5 Å². The van der Waals surface area contributed by atoms with Crippen molar-refractivity contribution >= 4 is 41.7 Å². The van der Waals surface area contributed by atoms with Crippen LogP contribution in [0.5, 0.6) is 0 Å². The Balaban J connectivity index is 0.00000261. The summed E-state index contributed by atoms with van der Waals surface area (Å²) in [5.41, 5.74) is 1.98. The van der Waals surface area contributed by atoms with Crippen LogP contribution in [0.3, 0.4) is 0 Å². The summed E-state index contributed by atoms with van der Waals surface area (Å²) in [4.78, 5) is 20.9. The van der Waals surface area contributed by atoms with Gasteiger partial charge in [0.25, 0.3) is 0 Å². The summed E-state index contributed by atoms with van der Waals surface area (Å²) in [5, 5.41) is 6.48. The first-order chi connectivity index (χ1) is 12.7. The highest BCUT2D eigenvalue weighted by Crippen LogP contribution is 2.16. The number of hydrogen-bond donors (Lipinski definition) is 2. The maximum atomic E-state index is 12.2. The SMILES string of the molecule is CN=C(NCc1cccc(NC(=O)N2CCCC2)c1)N1CCCC(C)C1.I. The largest absolute Gasteiger partial charge is 0.352 e. The minimum Gasteiger partial charge on any atom is -0.352 e. The average molecular weight is 485 g/mol. The third-order valence-corrected chi connectivity index (χ3v) is 5.19. The summed E-state index contributed by atoms with van der Waals surface area (Å²) in [6, 6.07) is 8.05. The molecule has 0 aromatic heterocycles. The second kappa shape index (κ2) is 10.7. The van der Waals surface area contributed by atoms with Crippen molar-refractivity contribution in [2.75, 3.05) is 38.5 Å². The number of nitrogens with one attached hydrogen (secondary N) is 2. The predicted molar refractivity (Wildman–Crippen MR) is 122 cm³/mol. The molecule has 0 aliphatic carbocycles. The van der Waals surface area contributed by atoms with E-state index in [4.69, 9.17) is 0 Å². The molecule has 1 aromatic rings. The third kappa shape index (κ3) is 6.26. The van der Waals surface area contributed by atoms with Crippen LogP contribution in [0, 0.1) is 5.92 Å². The first kappa shape index (κ1) is 21.8. The standard InChI is InChI=1S/C20H31N5O.HI/c1-16-7-6-12-25(15-16)19(21-2)22-14-17-8-5-9-18(13-17)23-20(26)24-10-3-4-11-24;/h5,8-9,13,16H,3-4,6-7,10-12,14-15H2,1-2H3,(H,21,22)(H,23,26);1H. The third-order valence-electron chi connectivity index (χ3n) is 5.19. The zero-order valence-electron chi connectivity index (χ0n) is 16.4. The van der Waals surface area contributed by atoms with Crippen LogP contribution in [0.15, 0.2) is 29.3 Å². The molecule has 0 bridgehead atoms. The van der Waals surface area contributed by atoms with E-state index in [1.54, 1.807) is 0 Å². The molecule has 27 heavy (non-hydrogen) atoms. The Morgan fingerprint density at radius 2 is 1.93 bits per heavy atom.